The standard InChI is InChI=1S/C14H18ClF2NO2/c1-3-4-10(9-19)13(14(15,16)17)18-11-5-7-12(20-2)8-6-11/h3,5-8,10,13,18-19H,1,4,9H2,2H3/t10-,13+/m1/s1. The predicted octanol–water partition coefficient (Wildman–Crippen LogP) is 3.49. The van der Waals surface area contributed by atoms with E-state index in [1.165, 1.54) is 13.2 Å². The summed E-state index contributed by atoms with van der Waals surface area (Å²) in [6, 6.07) is 5.11. The lowest BCUT2D eigenvalue weighted by Gasteiger charge is -2.30. The summed E-state index contributed by atoms with van der Waals surface area (Å²) in [5.41, 5.74) is 0.471. The summed E-state index contributed by atoms with van der Waals surface area (Å²) in [6.45, 7) is 3.08. The van der Waals surface area contributed by atoms with Crippen molar-refractivity contribution in [3.8, 4) is 5.75 Å². The molecule has 0 saturated heterocycles. The predicted molar refractivity (Wildman–Crippen MR) is 76.6 cm³/mol. The van der Waals surface area contributed by atoms with E-state index >= 15 is 0 Å². The molecule has 1 aromatic carbocycles. The fourth-order valence-electron chi connectivity index (χ4n) is 1.86. The highest BCUT2D eigenvalue weighted by molar-refractivity contribution is 6.22. The summed E-state index contributed by atoms with van der Waals surface area (Å²) in [4.78, 5) is 0. The quantitative estimate of drug-likeness (QED) is 0.570. The van der Waals surface area contributed by atoms with Crippen LogP contribution in [-0.4, -0.2) is 30.2 Å². The molecule has 0 bridgehead atoms. The maximum absolute atomic E-state index is 13.5. The van der Waals surface area contributed by atoms with Gasteiger partial charge in [-0.2, -0.15) is 8.78 Å². The van der Waals surface area contributed by atoms with Crippen LogP contribution in [0.25, 0.3) is 0 Å². The van der Waals surface area contributed by atoms with Crippen LogP contribution >= 0.6 is 11.6 Å². The third-order valence-electron chi connectivity index (χ3n) is 2.94. The first-order valence-corrected chi connectivity index (χ1v) is 6.49. The SMILES string of the molecule is C=CC[C@H](CO)[C@H](Nc1ccc(OC)cc1)C(F)(F)Cl. The van der Waals surface area contributed by atoms with Crippen molar-refractivity contribution in [2.24, 2.45) is 5.92 Å². The maximum atomic E-state index is 13.5. The maximum Gasteiger partial charge on any atom is 0.341 e. The molecule has 1 rings (SSSR count). The second-order valence-electron chi connectivity index (χ2n) is 4.36. The third-order valence-corrected chi connectivity index (χ3v) is 3.18. The smallest absolute Gasteiger partial charge is 0.341 e. The minimum absolute atomic E-state index is 0.229. The number of rotatable bonds is 8. The molecule has 0 radical (unpaired) electrons. The minimum atomic E-state index is -3.49. The molecule has 0 aliphatic carbocycles. The molecule has 0 aliphatic heterocycles. The van der Waals surface area contributed by atoms with Crippen LogP contribution < -0.4 is 10.1 Å². The monoisotopic (exact) mass is 305 g/mol. The summed E-state index contributed by atoms with van der Waals surface area (Å²) >= 11 is 5.15. The van der Waals surface area contributed by atoms with E-state index in [0.29, 0.717) is 11.4 Å². The topological polar surface area (TPSA) is 41.5 Å². The van der Waals surface area contributed by atoms with Crippen molar-refractivity contribution < 1.29 is 18.6 Å². The van der Waals surface area contributed by atoms with Gasteiger partial charge in [-0.1, -0.05) is 6.08 Å². The highest BCUT2D eigenvalue weighted by Gasteiger charge is 2.41. The van der Waals surface area contributed by atoms with Gasteiger partial charge in [-0.05, 0) is 42.3 Å². The van der Waals surface area contributed by atoms with Crippen LogP contribution in [0.5, 0.6) is 5.75 Å². The average molecular weight is 306 g/mol. The normalized spacial score (nSPS) is 14.4. The highest BCUT2D eigenvalue weighted by atomic mass is 35.5. The molecule has 112 valence electrons. The number of ether oxygens (including phenoxy) is 1. The van der Waals surface area contributed by atoms with Gasteiger partial charge in [0.25, 0.3) is 0 Å². The van der Waals surface area contributed by atoms with Crippen molar-refractivity contribution in [2.45, 2.75) is 17.8 Å². The van der Waals surface area contributed by atoms with Crippen LogP contribution in [0.4, 0.5) is 14.5 Å². The largest absolute Gasteiger partial charge is 0.497 e. The zero-order valence-electron chi connectivity index (χ0n) is 11.2. The molecule has 0 unspecified atom stereocenters. The lowest BCUT2D eigenvalue weighted by Crippen LogP contribution is -2.43. The molecule has 0 aliphatic rings. The molecule has 0 aromatic heterocycles. The molecular weight excluding hydrogens is 288 g/mol. The number of nitrogens with one attached hydrogen (secondary N) is 1. The Balaban J connectivity index is 2.90. The number of anilines is 1. The van der Waals surface area contributed by atoms with Crippen molar-refractivity contribution in [1.82, 2.24) is 0 Å². The molecule has 1 aromatic rings. The van der Waals surface area contributed by atoms with Gasteiger partial charge in [0.15, 0.2) is 0 Å². The molecule has 2 atom stereocenters. The first-order chi connectivity index (χ1) is 9.42. The number of hydrogen-bond donors (Lipinski definition) is 2. The van der Waals surface area contributed by atoms with Gasteiger partial charge in [0.05, 0.1) is 7.11 Å². The zero-order chi connectivity index (χ0) is 15.2. The fourth-order valence-corrected chi connectivity index (χ4v) is 2.10. The number of aliphatic hydroxyl groups excluding tert-OH is 1. The van der Waals surface area contributed by atoms with E-state index < -0.39 is 23.9 Å². The molecule has 0 spiro atoms. The van der Waals surface area contributed by atoms with Gasteiger partial charge in [-0.25, -0.2) is 0 Å². The first kappa shape index (κ1) is 16.7. The Morgan fingerprint density at radius 2 is 2.05 bits per heavy atom. The van der Waals surface area contributed by atoms with Gasteiger partial charge in [0, 0.05) is 18.2 Å². The molecule has 0 heterocycles. The highest BCUT2D eigenvalue weighted by Crippen LogP contribution is 2.33. The zero-order valence-corrected chi connectivity index (χ0v) is 11.9. The van der Waals surface area contributed by atoms with E-state index in [4.69, 9.17) is 16.3 Å². The average Bonchev–Trinajstić information content (AvgIpc) is 2.42. The molecular formula is C14H18ClF2NO2. The molecule has 0 saturated carbocycles. The van der Waals surface area contributed by atoms with E-state index in [2.05, 4.69) is 11.9 Å². The van der Waals surface area contributed by atoms with E-state index in [-0.39, 0.29) is 6.42 Å². The van der Waals surface area contributed by atoms with Gasteiger partial charge < -0.3 is 15.2 Å². The Hall–Kier alpha value is -1.33. The molecule has 2 N–H and O–H groups in total. The number of allylic oxidation sites excluding steroid dienone is 1. The second kappa shape index (κ2) is 7.45. The first-order valence-electron chi connectivity index (χ1n) is 6.11. The summed E-state index contributed by atoms with van der Waals surface area (Å²) in [5, 5.41) is 8.42. The Morgan fingerprint density at radius 3 is 2.45 bits per heavy atom. The van der Waals surface area contributed by atoms with Crippen molar-refractivity contribution >= 4 is 17.3 Å². The lowest BCUT2D eigenvalue weighted by atomic mass is 9.96. The number of alkyl halides is 3. The van der Waals surface area contributed by atoms with Crippen LogP contribution in [0.3, 0.4) is 0 Å². The van der Waals surface area contributed by atoms with Crippen LogP contribution in [0.2, 0.25) is 0 Å². The third kappa shape index (κ3) is 4.65. The van der Waals surface area contributed by atoms with Crippen molar-refractivity contribution in [3.63, 3.8) is 0 Å². The molecule has 0 fully saturated rings. The van der Waals surface area contributed by atoms with Crippen LogP contribution in [-0.2, 0) is 0 Å². The van der Waals surface area contributed by atoms with Crippen LogP contribution in [0, 0.1) is 5.92 Å². The van der Waals surface area contributed by atoms with Gasteiger partial charge in [-0.15, -0.1) is 6.58 Å². The summed E-state index contributed by atoms with van der Waals surface area (Å²) in [5.74, 6) is -0.114. The minimum Gasteiger partial charge on any atom is -0.497 e. The van der Waals surface area contributed by atoms with Crippen molar-refractivity contribution in [2.75, 3.05) is 19.0 Å². The van der Waals surface area contributed by atoms with Crippen LogP contribution in [0.1, 0.15) is 6.42 Å². The number of aliphatic hydroxyl groups is 1. The number of halogens is 3. The molecule has 20 heavy (non-hydrogen) atoms. The summed E-state index contributed by atoms with van der Waals surface area (Å²) < 4.78 is 32.0. The fraction of sp³-hybridized carbons (Fsp3) is 0.429. The van der Waals surface area contributed by atoms with Crippen molar-refractivity contribution in [3.05, 3.63) is 36.9 Å². The molecule has 0 amide bonds. The van der Waals surface area contributed by atoms with Gasteiger partial charge in [-0.3, -0.25) is 0 Å². The van der Waals surface area contributed by atoms with E-state index in [0.717, 1.165) is 0 Å². The lowest BCUT2D eigenvalue weighted by molar-refractivity contribution is 0.0370. The molecule has 3 nitrogen and oxygen atoms in total. The Labute approximate surface area is 122 Å². The van der Waals surface area contributed by atoms with Crippen LogP contribution in [0.15, 0.2) is 36.9 Å². The summed E-state index contributed by atoms with van der Waals surface area (Å²) in [6.07, 6.45) is 1.71. The van der Waals surface area contributed by atoms with E-state index in [1.54, 1.807) is 24.3 Å². The van der Waals surface area contributed by atoms with Gasteiger partial charge in [0.1, 0.15) is 11.8 Å². The Bertz CT molecular complexity index is 420. The number of benzene rings is 1. The number of methoxy groups -OCH3 is 1. The van der Waals surface area contributed by atoms with E-state index in [1.807, 2.05) is 0 Å². The van der Waals surface area contributed by atoms with Gasteiger partial charge in [0.2, 0.25) is 0 Å². The second-order valence-corrected chi connectivity index (χ2v) is 4.86. The van der Waals surface area contributed by atoms with Crippen molar-refractivity contribution in [1.29, 1.82) is 0 Å². The Morgan fingerprint density at radius 1 is 1.45 bits per heavy atom. The Kier molecular flexibility index (Phi) is 6.23. The summed E-state index contributed by atoms with van der Waals surface area (Å²) in [7, 11) is 1.52. The number of hydrogen-bond acceptors (Lipinski definition) is 3. The van der Waals surface area contributed by atoms with Gasteiger partial charge >= 0.3 is 5.38 Å². The molecule has 6 heteroatoms. The van der Waals surface area contributed by atoms with E-state index in [9.17, 15) is 13.9 Å².